The van der Waals surface area contributed by atoms with E-state index in [9.17, 15) is 9.18 Å². The normalized spacial score (nSPS) is 15.5. The number of ether oxygens (including phenoxy) is 1. The van der Waals surface area contributed by atoms with Gasteiger partial charge in [-0.2, -0.15) is 0 Å². The average molecular weight is 323 g/mol. The fraction of sp³-hybridized carbons (Fsp3) is 0.588. The minimum atomic E-state index is -0.171. The van der Waals surface area contributed by atoms with Crippen molar-refractivity contribution in [3.05, 3.63) is 35.6 Å². The molecule has 1 aromatic rings. The van der Waals surface area contributed by atoms with Gasteiger partial charge < -0.3 is 15.4 Å². The highest BCUT2D eigenvalue weighted by molar-refractivity contribution is 5.76. The van der Waals surface area contributed by atoms with Gasteiger partial charge in [-0.3, -0.25) is 9.69 Å². The Bertz CT molecular complexity index is 479. The molecule has 0 aliphatic carbocycles. The molecular formula is C17H26FN3O2. The Morgan fingerprint density at radius 3 is 2.74 bits per heavy atom. The first-order chi connectivity index (χ1) is 11.3. The van der Waals surface area contributed by atoms with Crippen molar-refractivity contribution in [1.29, 1.82) is 0 Å². The van der Waals surface area contributed by atoms with E-state index in [0.717, 1.165) is 32.8 Å². The molecule has 1 fully saturated rings. The third kappa shape index (κ3) is 7.07. The monoisotopic (exact) mass is 323 g/mol. The first-order valence-electron chi connectivity index (χ1n) is 8.26. The number of carbonyl (C=O) groups is 1. The van der Waals surface area contributed by atoms with Crippen molar-refractivity contribution < 1.29 is 13.9 Å². The topological polar surface area (TPSA) is 53.6 Å². The van der Waals surface area contributed by atoms with Gasteiger partial charge in [0, 0.05) is 39.1 Å². The third-order valence-corrected chi connectivity index (χ3v) is 3.91. The minimum absolute atomic E-state index is 0.0525. The van der Waals surface area contributed by atoms with E-state index >= 15 is 0 Å². The molecule has 128 valence electrons. The SMILES string of the molecule is O=C(CCNCCc1ccccc1F)NCCN1CCOCC1. The molecule has 0 atom stereocenters. The van der Waals surface area contributed by atoms with Gasteiger partial charge in [-0.05, 0) is 24.6 Å². The molecule has 23 heavy (non-hydrogen) atoms. The first kappa shape index (κ1) is 17.8. The molecule has 1 heterocycles. The van der Waals surface area contributed by atoms with Crippen LogP contribution in [0.4, 0.5) is 4.39 Å². The van der Waals surface area contributed by atoms with E-state index in [2.05, 4.69) is 15.5 Å². The summed E-state index contributed by atoms with van der Waals surface area (Å²) < 4.78 is 18.7. The molecule has 2 N–H and O–H groups in total. The smallest absolute Gasteiger partial charge is 0.221 e. The van der Waals surface area contributed by atoms with Crippen LogP contribution in [0.25, 0.3) is 0 Å². The molecule has 6 heteroatoms. The Morgan fingerprint density at radius 2 is 1.96 bits per heavy atom. The van der Waals surface area contributed by atoms with E-state index in [4.69, 9.17) is 4.74 Å². The van der Waals surface area contributed by atoms with Crippen molar-refractivity contribution in [3.63, 3.8) is 0 Å². The van der Waals surface area contributed by atoms with E-state index in [1.54, 1.807) is 12.1 Å². The second-order valence-electron chi connectivity index (χ2n) is 5.65. The number of hydrogen-bond acceptors (Lipinski definition) is 4. The Morgan fingerprint density at radius 1 is 1.17 bits per heavy atom. The van der Waals surface area contributed by atoms with Crippen LogP contribution < -0.4 is 10.6 Å². The Hall–Kier alpha value is -1.50. The second kappa shape index (κ2) is 10.3. The quantitative estimate of drug-likeness (QED) is 0.660. The molecule has 0 unspecified atom stereocenters. The maximum Gasteiger partial charge on any atom is 0.221 e. The van der Waals surface area contributed by atoms with Crippen molar-refractivity contribution in [2.45, 2.75) is 12.8 Å². The van der Waals surface area contributed by atoms with Gasteiger partial charge in [0.1, 0.15) is 5.82 Å². The highest BCUT2D eigenvalue weighted by Crippen LogP contribution is 2.06. The second-order valence-corrected chi connectivity index (χ2v) is 5.65. The van der Waals surface area contributed by atoms with Crippen LogP contribution in [0.2, 0.25) is 0 Å². The van der Waals surface area contributed by atoms with Gasteiger partial charge in [-0.25, -0.2) is 4.39 Å². The summed E-state index contributed by atoms with van der Waals surface area (Å²) in [6.45, 7) is 6.25. The number of halogens is 1. The number of morpholine rings is 1. The largest absolute Gasteiger partial charge is 0.379 e. The van der Waals surface area contributed by atoms with E-state index < -0.39 is 0 Å². The fourth-order valence-corrected chi connectivity index (χ4v) is 2.52. The molecule has 0 bridgehead atoms. The minimum Gasteiger partial charge on any atom is -0.379 e. The van der Waals surface area contributed by atoms with Crippen LogP contribution in [0.5, 0.6) is 0 Å². The molecule has 5 nitrogen and oxygen atoms in total. The number of nitrogens with one attached hydrogen (secondary N) is 2. The summed E-state index contributed by atoms with van der Waals surface area (Å²) in [5.41, 5.74) is 0.704. The van der Waals surface area contributed by atoms with Gasteiger partial charge in [-0.1, -0.05) is 18.2 Å². The Balaban J connectivity index is 1.47. The van der Waals surface area contributed by atoms with Crippen molar-refractivity contribution in [2.24, 2.45) is 0 Å². The first-order valence-corrected chi connectivity index (χ1v) is 8.26. The number of nitrogens with zero attached hydrogens (tertiary/aromatic N) is 1. The lowest BCUT2D eigenvalue weighted by molar-refractivity contribution is -0.121. The van der Waals surface area contributed by atoms with E-state index in [1.165, 1.54) is 6.07 Å². The summed E-state index contributed by atoms with van der Waals surface area (Å²) in [6, 6.07) is 6.78. The van der Waals surface area contributed by atoms with Crippen LogP contribution in [0.3, 0.4) is 0 Å². The predicted molar refractivity (Wildman–Crippen MR) is 87.9 cm³/mol. The van der Waals surface area contributed by atoms with Crippen LogP contribution in [0.1, 0.15) is 12.0 Å². The molecular weight excluding hydrogens is 297 g/mol. The van der Waals surface area contributed by atoms with Gasteiger partial charge in [0.05, 0.1) is 13.2 Å². The molecule has 2 rings (SSSR count). The van der Waals surface area contributed by atoms with Gasteiger partial charge in [0.15, 0.2) is 0 Å². The van der Waals surface area contributed by atoms with Crippen LogP contribution in [0.15, 0.2) is 24.3 Å². The number of rotatable bonds is 9. The molecule has 1 aromatic carbocycles. The molecule has 1 saturated heterocycles. The van der Waals surface area contributed by atoms with Gasteiger partial charge in [-0.15, -0.1) is 0 Å². The zero-order valence-corrected chi connectivity index (χ0v) is 13.5. The summed E-state index contributed by atoms with van der Waals surface area (Å²) in [6.07, 6.45) is 1.08. The summed E-state index contributed by atoms with van der Waals surface area (Å²) in [5.74, 6) is -0.119. The van der Waals surface area contributed by atoms with E-state index in [-0.39, 0.29) is 11.7 Å². The van der Waals surface area contributed by atoms with Crippen molar-refractivity contribution in [2.75, 3.05) is 52.5 Å². The molecule has 0 aromatic heterocycles. The summed E-state index contributed by atoms with van der Waals surface area (Å²) >= 11 is 0. The van der Waals surface area contributed by atoms with Gasteiger partial charge in [0.2, 0.25) is 5.91 Å². The highest BCUT2D eigenvalue weighted by Gasteiger charge is 2.10. The van der Waals surface area contributed by atoms with Crippen molar-refractivity contribution in [3.8, 4) is 0 Å². The number of carbonyl (C=O) groups excluding carboxylic acids is 1. The molecule has 1 aliphatic rings. The lowest BCUT2D eigenvalue weighted by Gasteiger charge is -2.26. The van der Waals surface area contributed by atoms with Crippen LogP contribution in [0, 0.1) is 5.82 Å². The zero-order valence-electron chi connectivity index (χ0n) is 13.5. The standard InChI is InChI=1S/C17H26FN3O2/c18-16-4-2-1-3-15(16)5-7-19-8-6-17(22)20-9-10-21-11-13-23-14-12-21/h1-4,19H,5-14H2,(H,20,22). The maximum absolute atomic E-state index is 13.4. The number of hydrogen-bond donors (Lipinski definition) is 2. The predicted octanol–water partition coefficient (Wildman–Crippen LogP) is 0.796. The van der Waals surface area contributed by atoms with Crippen LogP contribution in [-0.2, 0) is 16.0 Å². The van der Waals surface area contributed by atoms with E-state index in [0.29, 0.717) is 38.0 Å². The summed E-state index contributed by atoms with van der Waals surface area (Å²) in [7, 11) is 0. The lowest BCUT2D eigenvalue weighted by Crippen LogP contribution is -2.41. The molecule has 0 saturated carbocycles. The third-order valence-electron chi connectivity index (χ3n) is 3.91. The molecule has 0 spiro atoms. The number of amides is 1. The van der Waals surface area contributed by atoms with Gasteiger partial charge in [0.25, 0.3) is 0 Å². The average Bonchev–Trinajstić information content (AvgIpc) is 2.57. The van der Waals surface area contributed by atoms with Crippen molar-refractivity contribution >= 4 is 5.91 Å². The maximum atomic E-state index is 13.4. The fourth-order valence-electron chi connectivity index (χ4n) is 2.52. The lowest BCUT2D eigenvalue weighted by atomic mass is 10.1. The highest BCUT2D eigenvalue weighted by atomic mass is 19.1. The van der Waals surface area contributed by atoms with Crippen molar-refractivity contribution in [1.82, 2.24) is 15.5 Å². The Labute approximate surface area is 137 Å². The summed E-state index contributed by atoms with van der Waals surface area (Å²) in [5, 5.41) is 6.10. The van der Waals surface area contributed by atoms with Gasteiger partial charge >= 0.3 is 0 Å². The van der Waals surface area contributed by atoms with Crippen LogP contribution >= 0.6 is 0 Å². The Kier molecular flexibility index (Phi) is 8.00. The summed E-state index contributed by atoms with van der Waals surface area (Å²) in [4.78, 5) is 14.0. The van der Waals surface area contributed by atoms with E-state index in [1.807, 2.05) is 6.07 Å². The molecule has 0 radical (unpaired) electrons. The molecule has 1 aliphatic heterocycles. The number of benzene rings is 1. The van der Waals surface area contributed by atoms with Crippen LogP contribution in [-0.4, -0.2) is 63.3 Å². The molecule has 1 amide bonds. The zero-order chi connectivity index (χ0) is 16.3.